The van der Waals surface area contributed by atoms with E-state index in [9.17, 15) is 0 Å². The van der Waals surface area contributed by atoms with Gasteiger partial charge in [-0.1, -0.05) is 12.2 Å². The number of rotatable bonds is 2. The number of nitrogens with zero attached hydrogens (tertiary/aromatic N) is 2. The molecule has 2 unspecified atom stereocenters. The molecule has 14 heavy (non-hydrogen) atoms. The van der Waals surface area contributed by atoms with Crippen LogP contribution in [0.4, 0.5) is 0 Å². The Morgan fingerprint density at radius 1 is 1.21 bits per heavy atom. The highest BCUT2D eigenvalue weighted by Crippen LogP contribution is 2.18. The summed E-state index contributed by atoms with van der Waals surface area (Å²) in [6, 6.07) is 0.312. The summed E-state index contributed by atoms with van der Waals surface area (Å²) in [7, 11) is 2.20. The SMILES string of the molecule is CN1CCN(CC2C=CC(N)C2)CC1. The highest BCUT2D eigenvalue weighted by Gasteiger charge is 2.20. The van der Waals surface area contributed by atoms with Crippen LogP contribution in [-0.4, -0.2) is 55.6 Å². The molecule has 1 heterocycles. The zero-order valence-corrected chi connectivity index (χ0v) is 9.02. The summed E-state index contributed by atoms with van der Waals surface area (Å²) >= 11 is 0. The Hall–Kier alpha value is -0.380. The molecule has 1 aliphatic heterocycles. The second-order valence-corrected chi connectivity index (χ2v) is 4.65. The number of hydrogen-bond donors (Lipinski definition) is 1. The average molecular weight is 195 g/mol. The van der Waals surface area contributed by atoms with Gasteiger partial charge in [-0.15, -0.1) is 0 Å². The minimum atomic E-state index is 0.312. The van der Waals surface area contributed by atoms with Crippen molar-refractivity contribution in [3.05, 3.63) is 12.2 Å². The Morgan fingerprint density at radius 2 is 1.93 bits per heavy atom. The Labute approximate surface area is 86.5 Å². The maximum absolute atomic E-state index is 5.84. The molecular formula is C11H21N3. The molecule has 0 aromatic rings. The quantitative estimate of drug-likeness (QED) is 0.636. The van der Waals surface area contributed by atoms with Gasteiger partial charge in [-0.3, -0.25) is 0 Å². The van der Waals surface area contributed by atoms with Crippen molar-refractivity contribution in [3.63, 3.8) is 0 Å². The molecule has 0 saturated carbocycles. The third kappa shape index (κ3) is 2.56. The Kier molecular flexibility index (Phi) is 3.21. The lowest BCUT2D eigenvalue weighted by Crippen LogP contribution is -2.45. The van der Waals surface area contributed by atoms with E-state index in [1.165, 1.54) is 32.7 Å². The summed E-state index contributed by atoms with van der Waals surface area (Å²) in [4.78, 5) is 4.96. The maximum Gasteiger partial charge on any atom is 0.0229 e. The molecule has 1 aliphatic carbocycles. The molecule has 2 rings (SSSR count). The molecule has 0 aromatic heterocycles. The summed E-state index contributed by atoms with van der Waals surface area (Å²) in [5, 5.41) is 0. The van der Waals surface area contributed by atoms with Crippen molar-refractivity contribution in [1.29, 1.82) is 0 Å². The van der Waals surface area contributed by atoms with Crippen LogP contribution in [0.3, 0.4) is 0 Å². The molecular weight excluding hydrogens is 174 g/mol. The molecule has 3 heteroatoms. The van der Waals surface area contributed by atoms with E-state index >= 15 is 0 Å². The standard InChI is InChI=1S/C11H21N3/c1-13-4-6-14(7-5-13)9-10-2-3-11(12)8-10/h2-3,10-11H,4-9,12H2,1H3. The number of likely N-dealkylation sites (N-methyl/N-ethyl adjacent to an activating group) is 1. The van der Waals surface area contributed by atoms with Gasteiger partial charge in [0, 0.05) is 38.8 Å². The third-order valence-corrected chi connectivity index (χ3v) is 3.29. The van der Waals surface area contributed by atoms with Crippen molar-refractivity contribution >= 4 is 0 Å². The molecule has 2 N–H and O–H groups in total. The van der Waals surface area contributed by atoms with Gasteiger partial charge in [-0.25, -0.2) is 0 Å². The van der Waals surface area contributed by atoms with Crippen LogP contribution in [0, 0.1) is 5.92 Å². The van der Waals surface area contributed by atoms with Crippen molar-refractivity contribution in [2.24, 2.45) is 11.7 Å². The molecule has 2 atom stereocenters. The summed E-state index contributed by atoms with van der Waals surface area (Å²) in [5.74, 6) is 0.702. The van der Waals surface area contributed by atoms with Gasteiger partial charge in [0.2, 0.25) is 0 Å². The van der Waals surface area contributed by atoms with Gasteiger partial charge in [0.25, 0.3) is 0 Å². The summed E-state index contributed by atoms with van der Waals surface area (Å²) in [6.07, 6.45) is 5.59. The molecule has 0 bridgehead atoms. The predicted octanol–water partition coefficient (Wildman–Crippen LogP) is 0.137. The molecule has 0 spiro atoms. The molecule has 3 nitrogen and oxygen atoms in total. The van der Waals surface area contributed by atoms with Gasteiger partial charge < -0.3 is 15.5 Å². The van der Waals surface area contributed by atoms with E-state index in [0.717, 1.165) is 6.42 Å². The first-order valence-electron chi connectivity index (χ1n) is 5.59. The van der Waals surface area contributed by atoms with Crippen molar-refractivity contribution in [2.75, 3.05) is 39.8 Å². The van der Waals surface area contributed by atoms with Gasteiger partial charge >= 0.3 is 0 Å². The Bertz CT molecular complexity index is 207. The third-order valence-electron chi connectivity index (χ3n) is 3.29. The fourth-order valence-corrected chi connectivity index (χ4v) is 2.30. The van der Waals surface area contributed by atoms with Gasteiger partial charge in [0.05, 0.1) is 0 Å². The highest BCUT2D eigenvalue weighted by atomic mass is 15.2. The van der Waals surface area contributed by atoms with Crippen LogP contribution in [0.25, 0.3) is 0 Å². The van der Waals surface area contributed by atoms with Gasteiger partial charge in [0.15, 0.2) is 0 Å². The lowest BCUT2D eigenvalue weighted by Gasteiger charge is -2.33. The van der Waals surface area contributed by atoms with Gasteiger partial charge in [-0.2, -0.15) is 0 Å². The highest BCUT2D eigenvalue weighted by molar-refractivity contribution is 5.05. The van der Waals surface area contributed by atoms with Crippen LogP contribution in [0.1, 0.15) is 6.42 Å². The maximum atomic E-state index is 5.84. The predicted molar refractivity (Wildman–Crippen MR) is 59.2 cm³/mol. The Morgan fingerprint density at radius 3 is 2.50 bits per heavy atom. The number of piperazine rings is 1. The molecule has 1 fully saturated rings. The summed E-state index contributed by atoms with van der Waals surface area (Å²) < 4.78 is 0. The van der Waals surface area contributed by atoms with Crippen LogP contribution < -0.4 is 5.73 Å². The first-order valence-corrected chi connectivity index (χ1v) is 5.59. The van der Waals surface area contributed by atoms with E-state index in [0.29, 0.717) is 12.0 Å². The minimum Gasteiger partial charge on any atom is -0.324 e. The number of nitrogens with two attached hydrogens (primary N) is 1. The van der Waals surface area contributed by atoms with Gasteiger partial charge in [-0.05, 0) is 19.4 Å². The first kappa shape index (κ1) is 10.1. The van der Waals surface area contributed by atoms with Crippen LogP contribution in [-0.2, 0) is 0 Å². The topological polar surface area (TPSA) is 32.5 Å². The average Bonchev–Trinajstić information content (AvgIpc) is 2.56. The van der Waals surface area contributed by atoms with Crippen molar-refractivity contribution < 1.29 is 0 Å². The van der Waals surface area contributed by atoms with Crippen molar-refractivity contribution in [2.45, 2.75) is 12.5 Å². The van der Waals surface area contributed by atoms with E-state index in [1.807, 2.05) is 0 Å². The zero-order chi connectivity index (χ0) is 9.97. The van der Waals surface area contributed by atoms with E-state index < -0.39 is 0 Å². The number of hydrogen-bond acceptors (Lipinski definition) is 3. The van der Waals surface area contributed by atoms with Crippen LogP contribution >= 0.6 is 0 Å². The van der Waals surface area contributed by atoms with Crippen LogP contribution in [0.2, 0.25) is 0 Å². The lowest BCUT2D eigenvalue weighted by atomic mass is 10.1. The monoisotopic (exact) mass is 195 g/mol. The van der Waals surface area contributed by atoms with Crippen LogP contribution in [0.15, 0.2) is 12.2 Å². The smallest absolute Gasteiger partial charge is 0.0229 e. The van der Waals surface area contributed by atoms with E-state index in [2.05, 4.69) is 29.0 Å². The van der Waals surface area contributed by atoms with E-state index in [-0.39, 0.29) is 0 Å². The fourth-order valence-electron chi connectivity index (χ4n) is 2.30. The molecule has 80 valence electrons. The molecule has 1 saturated heterocycles. The molecule has 0 amide bonds. The minimum absolute atomic E-state index is 0.312. The van der Waals surface area contributed by atoms with Crippen molar-refractivity contribution in [3.8, 4) is 0 Å². The van der Waals surface area contributed by atoms with E-state index in [1.54, 1.807) is 0 Å². The molecule has 0 aromatic carbocycles. The zero-order valence-electron chi connectivity index (χ0n) is 9.02. The first-order chi connectivity index (χ1) is 6.74. The molecule has 2 aliphatic rings. The fraction of sp³-hybridized carbons (Fsp3) is 0.818. The summed E-state index contributed by atoms with van der Waals surface area (Å²) in [6.45, 7) is 6.06. The van der Waals surface area contributed by atoms with Crippen LogP contribution in [0.5, 0.6) is 0 Å². The molecule has 0 radical (unpaired) electrons. The second kappa shape index (κ2) is 4.43. The largest absolute Gasteiger partial charge is 0.324 e. The van der Waals surface area contributed by atoms with Crippen molar-refractivity contribution in [1.82, 2.24) is 9.80 Å². The summed E-state index contributed by atoms with van der Waals surface area (Å²) in [5.41, 5.74) is 5.84. The van der Waals surface area contributed by atoms with Gasteiger partial charge in [0.1, 0.15) is 0 Å². The Balaban J connectivity index is 1.73. The van der Waals surface area contributed by atoms with E-state index in [4.69, 9.17) is 5.73 Å². The lowest BCUT2D eigenvalue weighted by molar-refractivity contribution is 0.142. The normalized spacial score (nSPS) is 35.3. The second-order valence-electron chi connectivity index (χ2n) is 4.65.